The Hall–Kier alpha value is -0.670. The molecule has 1 rings (SSSR count). The molecule has 19 heavy (non-hydrogen) atoms. The Kier molecular flexibility index (Phi) is 6.73. The standard InChI is InChI=1S/C10H18ClN3O4S/c1-17-8-9(18-2)5-13-19(15,16)10-6-12-14(7-10)4-3-11/h6-7,9,13H,3-5,8H2,1-2H3. The lowest BCUT2D eigenvalue weighted by atomic mass is 10.4. The topological polar surface area (TPSA) is 82.5 Å². The van der Waals surface area contributed by atoms with Gasteiger partial charge in [0.1, 0.15) is 4.90 Å². The lowest BCUT2D eigenvalue weighted by Crippen LogP contribution is -2.35. The molecule has 1 N–H and O–H groups in total. The summed E-state index contributed by atoms with van der Waals surface area (Å²) in [5.41, 5.74) is 0. The van der Waals surface area contributed by atoms with Crippen molar-refractivity contribution in [1.82, 2.24) is 14.5 Å². The average Bonchev–Trinajstić information content (AvgIpc) is 2.84. The molecule has 0 amide bonds. The summed E-state index contributed by atoms with van der Waals surface area (Å²) in [4.78, 5) is 0.102. The van der Waals surface area contributed by atoms with Gasteiger partial charge in [0.25, 0.3) is 0 Å². The molecule has 0 bridgehead atoms. The predicted octanol–water partition coefficient (Wildman–Crippen LogP) is 0.0616. The van der Waals surface area contributed by atoms with Gasteiger partial charge in [-0.1, -0.05) is 0 Å². The van der Waals surface area contributed by atoms with Crippen LogP contribution in [0.25, 0.3) is 0 Å². The zero-order valence-corrected chi connectivity index (χ0v) is 12.4. The minimum atomic E-state index is -3.59. The normalized spacial score (nSPS) is 13.6. The third-order valence-corrected chi connectivity index (χ3v) is 3.97. The number of alkyl halides is 1. The first-order chi connectivity index (χ1) is 9.03. The molecule has 1 aromatic rings. The number of sulfonamides is 1. The van der Waals surface area contributed by atoms with E-state index < -0.39 is 10.0 Å². The van der Waals surface area contributed by atoms with Crippen LogP contribution in [0.15, 0.2) is 17.3 Å². The van der Waals surface area contributed by atoms with E-state index in [4.69, 9.17) is 21.1 Å². The maximum atomic E-state index is 12.0. The summed E-state index contributed by atoms with van der Waals surface area (Å²) in [6.45, 7) is 0.902. The number of aromatic nitrogens is 2. The van der Waals surface area contributed by atoms with Gasteiger partial charge in [0, 0.05) is 32.8 Å². The molecule has 110 valence electrons. The maximum absolute atomic E-state index is 12.0. The minimum absolute atomic E-state index is 0.102. The zero-order chi connectivity index (χ0) is 14.3. The number of halogens is 1. The highest BCUT2D eigenvalue weighted by Gasteiger charge is 2.18. The molecule has 0 spiro atoms. The van der Waals surface area contributed by atoms with Gasteiger partial charge in [-0.15, -0.1) is 11.6 Å². The fraction of sp³-hybridized carbons (Fsp3) is 0.700. The first-order valence-corrected chi connectivity index (χ1v) is 7.65. The van der Waals surface area contributed by atoms with E-state index in [9.17, 15) is 8.42 Å². The van der Waals surface area contributed by atoms with Gasteiger partial charge >= 0.3 is 0 Å². The summed E-state index contributed by atoms with van der Waals surface area (Å²) >= 11 is 5.56. The zero-order valence-electron chi connectivity index (χ0n) is 10.9. The molecule has 0 saturated heterocycles. The Bertz CT molecular complexity index is 477. The lowest BCUT2D eigenvalue weighted by molar-refractivity contribution is 0.0320. The summed E-state index contributed by atoms with van der Waals surface area (Å²) in [6, 6.07) is 0. The van der Waals surface area contributed by atoms with Gasteiger partial charge in [-0.25, -0.2) is 13.1 Å². The Morgan fingerprint density at radius 1 is 1.53 bits per heavy atom. The van der Waals surface area contributed by atoms with E-state index in [2.05, 4.69) is 9.82 Å². The van der Waals surface area contributed by atoms with Crippen molar-refractivity contribution in [3.63, 3.8) is 0 Å². The van der Waals surface area contributed by atoms with Crippen LogP contribution in [0.2, 0.25) is 0 Å². The van der Waals surface area contributed by atoms with Crippen molar-refractivity contribution in [2.45, 2.75) is 17.5 Å². The van der Waals surface area contributed by atoms with Gasteiger partial charge in [-0.05, 0) is 0 Å². The average molecular weight is 312 g/mol. The van der Waals surface area contributed by atoms with Crippen molar-refractivity contribution in [3.8, 4) is 0 Å². The highest BCUT2D eigenvalue weighted by atomic mass is 35.5. The van der Waals surface area contributed by atoms with Gasteiger partial charge < -0.3 is 9.47 Å². The number of nitrogens with zero attached hydrogens (tertiary/aromatic N) is 2. The van der Waals surface area contributed by atoms with Gasteiger partial charge in [-0.2, -0.15) is 5.10 Å². The van der Waals surface area contributed by atoms with Gasteiger partial charge in [0.15, 0.2) is 0 Å². The Balaban J connectivity index is 2.64. The van der Waals surface area contributed by atoms with E-state index in [0.717, 1.165) is 0 Å². The van der Waals surface area contributed by atoms with Crippen LogP contribution in [-0.2, 0) is 26.0 Å². The molecule has 1 unspecified atom stereocenters. The summed E-state index contributed by atoms with van der Waals surface area (Å²) in [6.07, 6.45) is 2.38. The largest absolute Gasteiger partial charge is 0.382 e. The van der Waals surface area contributed by atoms with Crippen LogP contribution in [0.1, 0.15) is 0 Å². The second-order valence-corrected chi connectivity index (χ2v) is 5.94. The predicted molar refractivity (Wildman–Crippen MR) is 70.8 cm³/mol. The molecule has 9 heteroatoms. The second kappa shape index (κ2) is 7.81. The molecule has 1 aromatic heterocycles. The number of nitrogens with one attached hydrogen (secondary N) is 1. The summed E-state index contributed by atoms with van der Waals surface area (Å²) in [5, 5.41) is 3.91. The Labute approximate surface area is 117 Å². The van der Waals surface area contributed by atoms with Crippen molar-refractivity contribution >= 4 is 21.6 Å². The number of aryl methyl sites for hydroxylation is 1. The third-order valence-electron chi connectivity index (χ3n) is 2.42. The van der Waals surface area contributed by atoms with E-state index in [1.54, 1.807) is 0 Å². The van der Waals surface area contributed by atoms with Gasteiger partial charge in [0.05, 0.1) is 25.5 Å². The number of methoxy groups -OCH3 is 2. The highest BCUT2D eigenvalue weighted by Crippen LogP contribution is 2.07. The molecule has 0 aliphatic rings. The van der Waals surface area contributed by atoms with Crippen molar-refractivity contribution in [2.24, 2.45) is 0 Å². The minimum Gasteiger partial charge on any atom is -0.382 e. The smallest absolute Gasteiger partial charge is 0.243 e. The van der Waals surface area contributed by atoms with Crippen LogP contribution in [0, 0.1) is 0 Å². The van der Waals surface area contributed by atoms with Crippen molar-refractivity contribution in [2.75, 3.05) is 33.3 Å². The number of hydrogen-bond donors (Lipinski definition) is 1. The molecule has 0 aliphatic heterocycles. The number of ether oxygens (including phenoxy) is 2. The van der Waals surface area contributed by atoms with Crippen LogP contribution in [-0.4, -0.2) is 57.6 Å². The molecule has 1 atom stereocenters. The molecule has 0 fully saturated rings. The first-order valence-electron chi connectivity index (χ1n) is 5.63. The summed E-state index contributed by atoms with van der Waals surface area (Å²) in [5.74, 6) is 0.369. The van der Waals surface area contributed by atoms with E-state index in [0.29, 0.717) is 19.0 Å². The van der Waals surface area contributed by atoms with Crippen molar-refractivity contribution in [1.29, 1.82) is 0 Å². The fourth-order valence-corrected chi connectivity index (χ4v) is 2.57. The molecular formula is C10H18ClN3O4S. The van der Waals surface area contributed by atoms with Crippen LogP contribution in [0.3, 0.4) is 0 Å². The third kappa shape index (κ3) is 5.07. The van der Waals surface area contributed by atoms with Crippen LogP contribution >= 0.6 is 11.6 Å². The Morgan fingerprint density at radius 3 is 2.84 bits per heavy atom. The first kappa shape index (κ1) is 16.4. The van der Waals surface area contributed by atoms with Crippen LogP contribution in [0.4, 0.5) is 0 Å². The molecule has 7 nitrogen and oxygen atoms in total. The number of rotatable bonds is 9. The molecule has 0 radical (unpaired) electrons. The quantitative estimate of drug-likeness (QED) is 0.652. The summed E-state index contributed by atoms with van der Waals surface area (Å²) in [7, 11) is -0.572. The SMILES string of the molecule is COCC(CNS(=O)(=O)c1cnn(CCCl)c1)OC. The van der Waals surface area contributed by atoms with Crippen molar-refractivity contribution in [3.05, 3.63) is 12.4 Å². The van der Waals surface area contributed by atoms with E-state index in [1.165, 1.54) is 31.3 Å². The van der Waals surface area contributed by atoms with Crippen LogP contribution in [0.5, 0.6) is 0 Å². The van der Waals surface area contributed by atoms with Gasteiger partial charge in [0.2, 0.25) is 10.0 Å². The molecular weight excluding hydrogens is 294 g/mol. The Morgan fingerprint density at radius 2 is 2.26 bits per heavy atom. The summed E-state index contributed by atoms with van der Waals surface area (Å²) < 4.78 is 37.9. The number of hydrogen-bond acceptors (Lipinski definition) is 5. The lowest BCUT2D eigenvalue weighted by Gasteiger charge is -2.14. The van der Waals surface area contributed by atoms with Crippen LogP contribution < -0.4 is 4.72 Å². The van der Waals surface area contributed by atoms with Gasteiger partial charge in [-0.3, -0.25) is 4.68 Å². The molecule has 0 aromatic carbocycles. The van der Waals surface area contributed by atoms with Crippen molar-refractivity contribution < 1.29 is 17.9 Å². The highest BCUT2D eigenvalue weighted by molar-refractivity contribution is 7.89. The fourth-order valence-electron chi connectivity index (χ4n) is 1.37. The molecule has 0 aliphatic carbocycles. The molecule has 1 heterocycles. The van der Waals surface area contributed by atoms with E-state index >= 15 is 0 Å². The maximum Gasteiger partial charge on any atom is 0.243 e. The van der Waals surface area contributed by atoms with E-state index in [1.807, 2.05) is 0 Å². The molecule has 0 saturated carbocycles. The second-order valence-electron chi connectivity index (χ2n) is 3.79. The van der Waals surface area contributed by atoms with E-state index in [-0.39, 0.29) is 17.5 Å². The monoisotopic (exact) mass is 311 g/mol.